The van der Waals surface area contributed by atoms with Crippen molar-refractivity contribution in [2.75, 3.05) is 18.2 Å². The Hall–Kier alpha value is -2.36. The zero-order valence-electron chi connectivity index (χ0n) is 16.8. The number of hydrogen-bond acceptors (Lipinski definition) is 7. The molecule has 0 unspecified atom stereocenters. The molecule has 3 rings (SSSR count). The molecule has 0 saturated carbocycles. The number of halogens is 1. The number of esters is 1. The largest absolute Gasteiger partial charge is 0.465 e. The lowest BCUT2D eigenvalue weighted by molar-refractivity contribution is -0.113. The monoisotopic (exact) mass is 464 g/mol. The molecule has 0 bridgehead atoms. The highest BCUT2D eigenvalue weighted by atomic mass is 35.5. The van der Waals surface area contributed by atoms with Gasteiger partial charge < -0.3 is 14.6 Å². The van der Waals surface area contributed by atoms with E-state index in [1.54, 1.807) is 6.07 Å². The summed E-state index contributed by atoms with van der Waals surface area (Å²) in [6.45, 7) is 4.57. The first-order valence-corrected chi connectivity index (χ1v) is 11.4. The number of rotatable bonds is 8. The zero-order valence-corrected chi connectivity index (χ0v) is 19.2. The van der Waals surface area contributed by atoms with Gasteiger partial charge in [0.15, 0.2) is 5.16 Å². The fourth-order valence-electron chi connectivity index (χ4n) is 2.82. The summed E-state index contributed by atoms with van der Waals surface area (Å²) >= 11 is 8.59. The summed E-state index contributed by atoms with van der Waals surface area (Å²) in [4.78, 5) is 25.2. The van der Waals surface area contributed by atoms with Gasteiger partial charge >= 0.3 is 5.97 Å². The van der Waals surface area contributed by atoms with Gasteiger partial charge in [0.05, 0.1) is 18.4 Å². The van der Waals surface area contributed by atoms with Crippen LogP contribution in [0.15, 0.2) is 35.5 Å². The summed E-state index contributed by atoms with van der Waals surface area (Å²) in [6, 6.07) is 9.31. The van der Waals surface area contributed by atoms with Crippen molar-refractivity contribution in [2.45, 2.75) is 32.0 Å². The second-order valence-corrected chi connectivity index (χ2v) is 9.01. The topological polar surface area (TPSA) is 86.1 Å². The molecule has 0 aliphatic rings. The summed E-state index contributed by atoms with van der Waals surface area (Å²) in [6.07, 6.45) is 0.627. The molecule has 0 radical (unpaired) electrons. The van der Waals surface area contributed by atoms with Gasteiger partial charge in [-0.05, 0) is 37.6 Å². The summed E-state index contributed by atoms with van der Waals surface area (Å²) < 4.78 is 6.76. The van der Waals surface area contributed by atoms with Crippen LogP contribution >= 0.6 is 34.7 Å². The van der Waals surface area contributed by atoms with E-state index in [1.807, 2.05) is 42.7 Å². The first-order chi connectivity index (χ1) is 14.4. The molecule has 2 heterocycles. The quantitative estimate of drug-likeness (QED) is 0.392. The van der Waals surface area contributed by atoms with Crippen LogP contribution < -0.4 is 5.32 Å². The van der Waals surface area contributed by atoms with Crippen molar-refractivity contribution < 1.29 is 14.3 Å². The normalized spacial score (nSPS) is 10.8. The van der Waals surface area contributed by atoms with Crippen molar-refractivity contribution in [2.24, 2.45) is 0 Å². The highest BCUT2D eigenvalue weighted by molar-refractivity contribution is 7.99. The Morgan fingerprint density at radius 3 is 2.67 bits per heavy atom. The van der Waals surface area contributed by atoms with Crippen LogP contribution in [0.1, 0.15) is 33.5 Å². The lowest BCUT2D eigenvalue weighted by Gasteiger charge is -2.08. The third kappa shape index (κ3) is 5.41. The molecule has 10 heteroatoms. The maximum atomic E-state index is 12.4. The Bertz CT molecular complexity index is 1050. The number of methoxy groups -OCH3 is 1. The van der Waals surface area contributed by atoms with Gasteiger partial charge in [0.2, 0.25) is 5.91 Å². The van der Waals surface area contributed by atoms with E-state index in [1.165, 1.54) is 30.2 Å². The van der Waals surface area contributed by atoms with Crippen LogP contribution in [0.3, 0.4) is 0 Å². The Labute approximate surface area is 187 Å². The standard InChI is InChI=1S/C20H21ClN4O3S2/c1-4-25-16(10-13-5-7-14(21)8-6-13)23-24-20(25)29-11-17(26)22-18-15(19(27)28-3)9-12(2)30-18/h5-9H,4,10-11H2,1-3H3,(H,22,26). The lowest BCUT2D eigenvalue weighted by atomic mass is 10.1. The predicted octanol–water partition coefficient (Wildman–Crippen LogP) is 4.43. The molecule has 1 N–H and O–H groups in total. The average Bonchev–Trinajstić information content (AvgIpc) is 3.29. The lowest BCUT2D eigenvalue weighted by Crippen LogP contribution is -2.16. The van der Waals surface area contributed by atoms with E-state index in [9.17, 15) is 9.59 Å². The molecule has 7 nitrogen and oxygen atoms in total. The molecule has 0 aliphatic heterocycles. The van der Waals surface area contributed by atoms with Gasteiger partial charge in [0.25, 0.3) is 0 Å². The maximum Gasteiger partial charge on any atom is 0.340 e. The van der Waals surface area contributed by atoms with Gasteiger partial charge in [-0.25, -0.2) is 4.79 Å². The third-order valence-corrected chi connectivity index (χ3v) is 6.42. The molecular formula is C20H21ClN4O3S2. The highest BCUT2D eigenvalue weighted by Gasteiger charge is 2.18. The maximum absolute atomic E-state index is 12.4. The molecule has 0 fully saturated rings. The summed E-state index contributed by atoms with van der Waals surface area (Å²) in [7, 11) is 1.32. The Balaban J connectivity index is 1.64. The number of nitrogens with one attached hydrogen (secondary N) is 1. The SMILES string of the molecule is CCn1c(Cc2ccc(Cl)cc2)nnc1SCC(=O)Nc1sc(C)cc1C(=O)OC. The van der Waals surface area contributed by atoms with Crippen LogP contribution in [0, 0.1) is 6.92 Å². The van der Waals surface area contributed by atoms with Gasteiger partial charge in [-0.15, -0.1) is 21.5 Å². The molecule has 158 valence electrons. The second-order valence-electron chi connectivity index (χ2n) is 6.37. The number of aromatic nitrogens is 3. The molecule has 2 aromatic heterocycles. The van der Waals surface area contributed by atoms with Gasteiger partial charge in [0, 0.05) is 22.9 Å². The number of carbonyl (C=O) groups is 2. The van der Waals surface area contributed by atoms with Crippen molar-refractivity contribution in [3.8, 4) is 0 Å². The minimum Gasteiger partial charge on any atom is -0.465 e. The van der Waals surface area contributed by atoms with E-state index in [4.69, 9.17) is 16.3 Å². The molecule has 0 saturated heterocycles. The number of aryl methyl sites for hydroxylation is 1. The molecule has 1 amide bonds. The van der Waals surface area contributed by atoms with Crippen LogP contribution in [-0.2, 0) is 22.5 Å². The number of hydrogen-bond donors (Lipinski definition) is 1. The van der Waals surface area contributed by atoms with E-state index < -0.39 is 5.97 Å². The first-order valence-electron chi connectivity index (χ1n) is 9.19. The summed E-state index contributed by atoms with van der Waals surface area (Å²) in [5, 5.41) is 13.2. The van der Waals surface area contributed by atoms with Crippen LogP contribution in [0.25, 0.3) is 0 Å². The fraction of sp³-hybridized carbons (Fsp3) is 0.300. The van der Waals surface area contributed by atoms with Gasteiger partial charge in [-0.3, -0.25) is 4.79 Å². The van der Waals surface area contributed by atoms with E-state index in [2.05, 4.69) is 15.5 Å². The van der Waals surface area contributed by atoms with E-state index in [0.717, 1.165) is 16.3 Å². The van der Waals surface area contributed by atoms with Crippen LogP contribution in [0.2, 0.25) is 5.02 Å². The van der Waals surface area contributed by atoms with Crippen LogP contribution in [0.5, 0.6) is 0 Å². The number of nitrogens with zero attached hydrogens (tertiary/aromatic N) is 3. The van der Waals surface area contributed by atoms with Crippen molar-refractivity contribution >= 4 is 51.6 Å². The van der Waals surface area contributed by atoms with Crippen molar-refractivity contribution in [3.63, 3.8) is 0 Å². The smallest absolute Gasteiger partial charge is 0.340 e. The molecule has 0 spiro atoms. The van der Waals surface area contributed by atoms with E-state index >= 15 is 0 Å². The van der Waals surface area contributed by atoms with Gasteiger partial charge in [-0.1, -0.05) is 35.5 Å². The summed E-state index contributed by atoms with van der Waals surface area (Å²) in [5.74, 6) is 0.276. The minimum absolute atomic E-state index is 0.149. The number of thiophene rings is 1. The molecular weight excluding hydrogens is 444 g/mol. The molecule has 0 atom stereocenters. The number of carbonyl (C=O) groups excluding carboxylic acids is 2. The Kier molecular flexibility index (Phi) is 7.52. The molecule has 1 aromatic carbocycles. The second kappa shape index (κ2) is 10.1. The number of ether oxygens (including phenoxy) is 1. The van der Waals surface area contributed by atoms with Crippen molar-refractivity contribution in [1.29, 1.82) is 0 Å². The number of amides is 1. The first kappa shape index (κ1) is 22.3. The summed E-state index contributed by atoms with van der Waals surface area (Å²) in [5.41, 5.74) is 1.44. The van der Waals surface area contributed by atoms with Crippen LogP contribution in [-0.4, -0.2) is 39.5 Å². The number of benzene rings is 1. The number of anilines is 1. The molecule has 30 heavy (non-hydrogen) atoms. The number of thioether (sulfide) groups is 1. The van der Waals surface area contributed by atoms with Crippen molar-refractivity contribution in [1.82, 2.24) is 14.8 Å². The molecule has 0 aliphatic carbocycles. The Morgan fingerprint density at radius 1 is 1.27 bits per heavy atom. The van der Waals surface area contributed by atoms with E-state index in [-0.39, 0.29) is 11.7 Å². The minimum atomic E-state index is -0.472. The van der Waals surface area contributed by atoms with Gasteiger partial charge in [0.1, 0.15) is 10.8 Å². The van der Waals surface area contributed by atoms with Crippen LogP contribution in [0.4, 0.5) is 5.00 Å². The predicted molar refractivity (Wildman–Crippen MR) is 120 cm³/mol. The third-order valence-electron chi connectivity index (χ3n) is 4.23. The van der Waals surface area contributed by atoms with E-state index in [0.29, 0.717) is 33.7 Å². The Morgan fingerprint density at radius 2 is 2.00 bits per heavy atom. The molecule has 3 aromatic rings. The fourth-order valence-corrected chi connectivity index (χ4v) is 4.68. The highest BCUT2D eigenvalue weighted by Crippen LogP contribution is 2.28. The zero-order chi connectivity index (χ0) is 21.7. The average molecular weight is 465 g/mol. The van der Waals surface area contributed by atoms with Crippen molar-refractivity contribution in [3.05, 3.63) is 57.2 Å². The van der Waals surface area contributed by atoms with Gasteiger partial charge in [-0.2, -0.15) is 0 Å².